The van der Waals surface area contributed by atoms with Gasteiger partial charge in [-0.2, -0.15) is 0 Å². The number of carbonyl (C=O) groups is 1. The lowest BCUT2D eigenvalue weighted by molar-refractivity contribution is -0.221. The standard InChI is InChI=1S/C9H12F2O2/c10-9(11)4-8(5-9)2-1-6(8)3-7(12)13/h6H,1-5H2,(H,12,13). The Bertz CT molecular complexity index is 242. The van der Waals surface area contributed by atoms with Crippen molar-refractivity contribution in [3.8, 4) is 0 Å². The van der Waals surface area contributed by atoms with Crippen LogP contribution in [-0.2, 0) is 4.79 Å². The van der Waals surface area contributed by atoms with Crippen molar-refractivity contribution in [3.63, 3.8) is 0 Å². The zero-order valence-corrected chi connectivity index (χ0v) is 7.22. The maximum absolute atomic E-state index is 12.6. The summed E-state index contributed by atoms with van der Waals surface area (Å²) in [5.41, 5.74) is -0.304. The molecule has 2 nitrogen and oxygen atoms in total. The van der Waals surface area contributed by atoms with E-state index >= 15 is 0 Å². The minimum Gasteiger partial charge on any atom is -0.481 e. The summed E-state index contributed by atoms with van der Waals surface area (Å²) in [7, 11) is 0. The average Bonchev–Trinajstić information content (AvgIpc) is 1.93. The third-order valence-electron chi connectivity index (χ3n) is 3.50. The molecule has 1 atom stereocenters. The quantitative estimate of drug-likeness (QED) is 0.725. The highest BCUT2D eigenvalue weighted by Crippen LogP contribution is 2.66. The van der Waals surface area contributed by atoms with Gasteiger partial charge in [-0.15, -0.1) is 0 Å². The molecule has 0 aromatic rings. The molecule has 0 aromatic heterocycles. The van der Waals surface area contributed by atoms with Crippen molar-refractivity contribution >= 4 is 5.97 Å². The van der Waals surface area contributed by atoms with E-state index in [1.165, 1.54) is 0 Å². The van der Waals surface area contributed by atoms with Gasteiger partial charge in [0.15, 0.2) is 0 Å². The fourth-order valence-electron chi connectivity index (χ4n) is 2.73. The lowest BCUT2D eigenvalue weighted by Gasteiger charge is -2.58. The third kappa shape index (κ3) is 1.32. The van der Waals surface area contributed by atoms with E-state index < -0.39 is 11.9 Å². The second-order valence-corrected chi connectivity index (χ2v) is 4.41. The van der Waals surface area contributed by atoms with Crippen LogP contribution < -0.4 is 0 Å². The van der Waals surface area contributed by atoms with Crippen molar-refractivity contribution in [2.45, 2.75) is 38.0 Å². The Labute approximate surface area is 74.9 Å². The summed E-state index contributed by atoms with van der Waals surface area (Å²) < 4.78 is 25.2. The summed E-state index contributed by atoms with van der Waals surface area (Å²) >= 11 is 0. The van der Waals surface area contributed by atoms with Gasteiger partial charge in [-0.25, -0.2) is 8.78 Å². The molecule has 0 aromatic carbocycles. The number of hydrogen-bond donors (Lipinski definition) is 1. The number of carboxylic acids is 1. The van der Waals surface area contributed by atoms with Crippen LogP contribution in [0.1, 0.15) is 32.1 Å². The van der Waals surface area contributed by atoms with Gasteiger partial charge in [0.1, 0.15) is 0 Å². The van der Waals surface area contributed by atoms with E-state index in [2.05, 4.69) is 0 Å². The van der Waals surface area contributed by atoms with E-state index in [4.69, 9.17) is 5.11 Å². The van der Waals surface area contributed by atoms with E-state index in [-0.39, 0.29) is 30.6 Å². The molecular formula is C9H12F2O2. The molecule has 74 valence electrons. The Morgan fingerprint density at radius 2 is 2.08 bits per heavy atom. The summed E-state index contributed by atoms with van der Waals surface area (Å²) in [5.74, 6) is -3.37. The zero-order valence-electron chi connectivity index (χ0n) is 7.22. The Morgan fingerprint density at radius 1 is 1.46 bits per heavy atom. The first kappa shape index (κ1) is 8.91. The average molecular weight is 190 g/mol. The Morgan fingerprint density at radius 3 is 2.38 bits per heavy atom. The van der Waals surface area contributed by atoms with Crippen LogP contribution in [0.4, 0.5) is 8.78 Å². The first-order valence-corrected chi connectivity index (χ1v) is 4.53. The summed E-state index contributed by atoms with van der Waals surface area (Å²) in [4.78, 5) is 10.4. The van der Waals surface area contributed by atoms with Crippen LogP contribution in [-0.4, -0.2) is 17.0 Å². The molecule has 4 heteroatoms. The van der Waals surface area contributed by atoms with E-state index in [1.54, 1.807) is 0 Å². The van der Waals surface area contributed by atoms with Gasteiger partial charge in [-0.1, -0.05) is 0 Å². The number of rotatable bonds is 2. The fraction of sp³-hybridized carbons (Fsp3) is 0.889. The van der Waals surface area contributed by atoms with Crippen LogP contribution >= 0.6 is 0 Å². The smallest absolute Gasteiger partial charge is 0.303 e. The van der Waals surface area contributed by atoms with Gasteiger partial charge < -0.3 is 5.11 Å². The molecular weight excluding hydrogens is 178 g/mol. The van der Waals surface area contributed by atoms with Crippen LogP contribution in [0.5, 0.6) is 0 Å². The molecule has 0 amide bonds. The second-order valence-electron chi connectivity index (χ2n) is 4.41. The topological polar surface area (TPSA) is 37.3 Å². The molecule has 2 aliphatic rings. The van der Waals surface area contributed by atoms with Crippen LogP contribution in [0.3, 0.4) is 0 Å². The van der Waals surface area contributed by atoms with Crippen molar-refractivity contribution in [2.75, 3.05) is 0 Å². The molecule has 13 heavy (non-hydrogen) atoms. The summed E-state index contributed by atoms with van der Waals surface area (Å²) in [6.07, 6.45) is 1.49. The molecule has 0 aliphatic heterocycles. The normalized spacial score (nSPS) is 33.5. The van der Waals surface area contributed by atoms with Gasteiger partial charge in [0.2, 0.25) is 5.92 Å². The van der Waals surface area contributed by atoms with Crippen molar-refractivity contribution < 1.29 is 18.7 Å². The highest BCUT2D eigenvalue weighted by atomic mass is 19.3. The molecule has 2 rings (SSSR count). The lowest BCUT2D eigenvalue weighted by atomic mass is 9.48. The van der Waals surface area contributed by atoms with Crippen molar-refractivity contribution in [3.05, 3.63) is 0 Å². The van der Waals surface area contributed by atoms with E-state index in [0.717, 1.165) is 12.8 Å². The first-order chi connectivity index (χ1) is 5.94. The van der Waals surface area contributed by atoms with E-state index in [9.17, 15) is 13.6 Å². The maximum Gasteiger partial charge on any atom is 0.303 e. The van der Waals surface area contributed by atoms with E-state index in [1.807, 2.05) is 0 Å². The largest absolute Gasteiger partial charge is 0.481 e. The molecule has 0 bridgehead atoms. The number of carboxylic acid groups (broad SMARTS) is 1. The number of hydrogen-bond acceptors (Lipinski definition) is 1. The van der Waals surface area contributed by atoms with Gasteiger partial charge >= 0.3 is 5.97 Å². The molecule has 0 saturated heterocycles. The third-order valence-corrected chi connectivity index (χ3v) is 3.50. The predicted octanol–water partition coefficient (Wildman–Crippen LogP) is 2.29. The zero-order chi connectivity index (χ0) is 9.69. The van der Waals surface area contributed by atoms with Gasteiger partial charge in [0, 0.05) is 19.3 Å². The summed E-state index contributed by atoms with van der Waals surface area (Å²) in [6, 6.07) is 0. The fourth-order valence-corrected chi connectivity index (χ4v) is 2.73. The molecule has 0 heterocycles. The number of halogens is 2. The Hall–Kier alpha value is -0.670. The molecule has 2 fully saturated rings. The predicted molar refractivity (Wildman–Crippen MR) is 41.6 cm³/mol. The van der Waals surface area contributed by atoms with E-state index in [0.29, 0.717) is 0 Å². The molecule has 2 saturated carbocycles. The highest BCUT2D eigenvalue weighted by molar-refractivity contribution is 5.67. The van der Waals surface area contributed by atoms with Gasteiger partial charge in [0.05, 0.1) is 0 Å². The summed E-state index contributed by atoms with van der Waals surface area (Å²) in [5, 5.41) is 8.54. The summed E-state index contributed by atoms with van der Waals surface area (Å²) in [6.45, 7) is 0. The van der Waals surface area contributed by atoms with Gasteiger partial charge in [-0.05, 0) is 24.2 Å². The Kier molecular flexibility index (Phi) is 1.66. The molecule has 2 aliphatic carbocycles. The van der Waals surface area contributed by atoms with Crippen molar-refractivity contribution in [1.29, 1.82) is 0 Å². The first-order valence-electron chi connectivity index (χ1n) is 4.53. The molecule has 0 radical (unpaired) electrons. The van der Waals surface area contributed by atoms with Crippen LogP contribution in [0.15, 0.2) is 0 Å². The number of alkyl halides is 2. The molecule has 1 N–H and O–H groups in total. The lowest BCUT2D eigenvalue weighted by Crippen LogP contribution is -2.56. The van der Waals surface area contributed by atoms with Crippen LogP contribution in [0.25, 0.3) is 0 Å². The van der Waals surface area contributed by atoms with Gasteiger partial charge in [-0.3, -0.25) is 4.79 Å². The Balaban J connectivity index is 1.93. The minimum absolute atomic E-state index is 0.00428. The highest BCUT2D eigenvalue weighted by Gasteiger charge is 2.63. The molecule has 1 unspecified atom stereocenters. The van der Waals surface area contributed by atoms with Gasteiger partial charge in [0.25, 0.3) is 0 Å². The van der Waals surface area contributed by atoms with Crippen molar-refractivity contribution in [1.82, 2.24) is 0 Å². The monoisotopic (exact) mass is 190 g/mol. The SMILES string of the molecule is O=C(O)CC1CCC12CC(F)(F)C2. The second kappa shape index (κ2) is 2.42. The van der Waals surface area contributed by atoms with Crippen LogP contribution in [0, 0.1) is 11.3 Å². The maximum atomic E-state index is 12.6. The van der Waals surface area contributed by atoms with Crippen molar-refractivity contribution in [2.24, 2.45) is 11.3 Å². The minimum atomic E-state index is -2.52. The molecule has 1 spiro atoms. The number of aliphatic carboxylic acids is 1. The van der Waals surface area contributed by atoms with Crippen LogP contribution in [0.2, 0.25) is 0 Å².